The number of amidine groups is 1. The van der Waals surface area contributed by atoms with Crippen LogP contribution in [0.25, 0.3) is 28.3 Å². The molecule has 3 rings (SSSR count). The third kappa shape index (κ3) is 3.15. The van der Waals surface area contributed by atoms with Crippen LogP contribution in [0.1, 0.15) is 11.1 Å². The molecule has 0 aliphatic rings. The van der Waals surface area contributed by atoms with Crippen molar-refractivity contribution in [3.63, 3.8) is 0 Å². The minimum absolute atomic E-state index is 0.106. The number of hydrogen-bond acceptors (Lipinski definition) is 3. The maximum atomic E-state index is 14.3. The highest BCUT2D eigenvalue weighted by Crippen LogP contribution is 2.38. The van der Waals surface area contributed by atoms with Crippen molar-refractivity contribution in [1.82, 2.24) is 0 Å². The second-order valence-electron chi connectivity index (χ2n) is 5.70. The summed E-state index contributed by atoms with van der Waals surface area (Å²) in [5, 5.41) is 21.8. The number of oxime groups is 1. The highest BCUT2D eigenvalue weighted by atomic mass is 19.1. The van der Waals surface area contributed by atoms with Crippen LogP contribution in [0.2, 0.25) is 0 Å². The fourth-order valence-corrected chi connectivity index (χ4v) is 2.92. The molecule has 0 amide bonds. The maximum absolute atomic E-state index is 14.3. The Labute approximate surface area is 150 Å². The van der Waals surface area contributed by atoms with Crippen molar-refractivity contribution < 1.29 is 14.7 Å². The number of benzene rings is 3. The molecule has 0 atom stereocenters. The molecule has 0 heterocycles. The Morgan fingerprint density at radius 2 is 1.73 bits per heavy atom. The summed E-state index contributed by atoms with van der Waals surface area (Å²) in [6.45, 7) is 3.83. The molecule has 0 radical (unpaired) electrons. The lowest BCUT2D eigenvalue weighted by molar-refractivity contribution is 0.318. The van der Waals surface area contributed by atoms with Gasteiger partial charge in [0.25, 0.3) is 0 Å². The van der Waals surface area contributed by atoms with E-state index in [0.717, 1.165) is 11.1 Å². The smallest absolute Gasteiger partial charge is 0.170 e. The standard InChI is InChI=1S/C21H17FN2O2/c1-2-13-5-3-4-6-17(13)20-18(14-7-9-16(25)10-8-14)11-15(22)12-19(20)21(23)24-26/h2-12,25-26H,1H2,(H2,23,24). The van der Waals surface area contributed by atoms with Gasteiger partial charge in [0.1, 0.15) is 11.6 Å². The summed E-state index contributed by atoms with van der Waals surface area (Å²) >= 11 is 0. The van der Waals surface area contributed by atoms with Crippen LogP contribution in [0.4, 0.5) is 4.39 Å². The largest absolute Gasteiger partial charge is 0.508 e. The van der Waals surface area contributed by atoms with E-state index in [4.69, 9.17) is 10.9 Å². The predicted octanol–water partition coefficient (Wildman–Crippen LogP) is 4.60. The second kappa shape index (κ2) is 7.11. The predicted molar refractivity (Wildman–Crippen MR) is 102 cm³/mol. The van der Waals surface area contributed by atoms with Gasteiger partial charge in [-0.25, -0.2) is 4.39 Å². The fourth-order valence-electron chi connectivity index (χ4n) is 2.92. The number of nitrogens with two attached hydrogens (primary N) is 1. The zero-order chi connectivity index (χ0) is 18.7. The van der Waals surface area contributed by atoms with Crippen LogP contribution in [0.15, 0.2) is 72.4 Å². The lowest BCUT2D eigenvalue weighted by Gasteiger charge is -2.17. The molecule has 4 N–H and O–H groups in total. The summed E-state index contributed by atoms with van der Waals surface area (Å²) in [5.74, 6) is -0.609. The average Bonchev–Trinajstić information content (AvgIpc) is 2.67. The van der Waals surface area contributed by atoms with E-state index >= 15 is 0 Å². The van der Waals surface area contributed by atoms with Gasteiger partial charge in [0.15, 0.2) is 5.84 Å². The van der Waals surface area contributed by atoms with E-state index in [2.05, 4.69) is 11.7 Å². The van der Waals surface area contributed by atoms with Crippen LogP contribution < -0.4 is 5.73 Å². The SMILES string of the molecule is C=Cc1ccccc1-c1c(/C(N)=N/O)cc(F)cc1-c1ccc(O)cc1. The van der Waals surface area contributed by atoms with Gasteiger partial charge in [-0.05, 0) is 46.5 Å². The molecular formula is C21H17FN2O2. The van der Waals surface area contributed by atoms with Gasteiger partial charge < -0.3 is 16.0 Å². The topological polar surface area (TPSA) is 78.8 Å². The minimum Gasteiger partial charge on any atom is -0.508 e. The van der Waals surface area contributed by atoms with Gasteiger partial charge in [-0.1, -0.05) is 54.2 Å². The lowest BCUT2D eigenvalue weighted by Crippen LogP contribution is -2.15. The Balaban J connectivity index is 2.42. The first-order valence-electron chi connectivity index (χ1n) is 7.88. The number of aromatic hydroxyl groups is 1. The summed E-state index contributed by atoms with van der Waals surface area (Å²) in [6.07, 6.45) is 1.69. The van der Waals surface area contributed by atoms with Crippen LogP contribution in [0, 0.1) is 5.82 Å². The summed E-state index contributed by atoms with van der Waals surface area (Å²) in [5.41, 5.74) is 9.55. The monoisotopic (exact) mass is 348 g/mol. The molecule has 26 heavy (non-hydrogen) atoms. The first-order chi connectivity index (χ1) is 12.5. The molecule has 0 unspecified atom stereocenters. The van der Waals surface area contributed by atoms with Crippen LogP contribution >= 0.6 is 0 Å². The molecule has 5 heteroatoms. The van der Waals surface area contributed by atoms with Crippen molar-refractivity contribution in [1.29, 1.82) is 0 Å². The number of phenolic OH excluding ortho intramolecular Hbond substituents is 1. The third-order valence-corrected chi connectivity index (χ3v) is 4.12. The zero-order valence-corrected chi connectivity index (χ0v) is 13.9. The number of rotatable bonds is 4. The maximum Gasteiger partial charge on any atom is 0.170 e. The zero-order valence-electron chi connectivity index (χ0n) is 13.9. The number of phenols is 1. The lowest BCUT2D eigenvalue weighted by atomic mass is 9.87. The molecule has 3 aromatic carbocycles. The third-order valence-electron chi connectivity index (χ3n) is 4.12. The molecule has 0 bridgehead atoms. The molecule has 0 aliphatic heterocycles. The quantitative estimate of drug-likeness (QED) is 0.279. The number of nitrogens with zero attached hydrogens (tertiary/aromatic N) is 1. The summed E-state index contributed by atoms with van der Waals surface area (Å²) in [4.78, 5) is 0. The summed E-state index contributed by atoms with van der Waals surface area (Å²) in [7, 11) is 0. The molecule has 0 aliphatic carbocycles. The van der Waals surface area contributed by atoms with Gasteiger partial charge in [-0.2, -0.15) is 0 Å². The van der Waals surface area contributed by atoms with E-state index in [9.17, 15) is 9.50 Å². The molecular weight excluding hydrogens is 331 g/mol. The van der Waals surface area contributed by atoms with Crippen molar-refractivity contribution in [2.24, 2.45) is 10.9 Å². The van der Waals surface area contributed by atoms with E-state index in [1.54, 1.807) is 18.2 Å². The van der Waals surface area contributed by atoms with Crippen molar-refractivity contribution in [2.45, 2.75) is 0 Å². The first kappa shape index (κ1) is 17.2. The molecule has 0 aromatic heterocycles. The normalized spacial score (nSPS) is 11.3. The Hall–Kier alpha value is -3.60. The van der Waals surface area contributed by atoms with Gasteiger partial charge >= 0.3 is 0 Å². The van der Waals surface area contributed by atoms with Crippen molar-refractivity contribution in [3.8, 4) is 28.0 Å². The van der Waals surface area contributed by atoms with Crippen LogP contribution in [0.3, 0.4) is 0 Å². The average molecular weight is 348 g/mol. The number of hydrogen-bond donors (Lipinski definition) is 3. The molecule has 4 nitrogen and oxygen atoms in total. The summed E-state index contributed by atoms with van der Waals surface area (Å²) < 4.78 is 14.3. The van der Waals surface area contributed by atoms with E-state index in [-0.39, 0.29) is 17.1 Å². The van der Waals surface area contributed by atoms with Crippen LogP contribution in [0.5, 0.6) is 5.75 Å². The van der Waals surface area contributed by atoms with Crippen molar-refractivity contribution in [3.05, 3.63) is 84.2 Å². The van der Waals surface area contributed by atoms with Gasteiger partial charge in [-0.3, -0.25) is 0 Å². The Morgan fingerprint density at radius 1 is 1.04 bits per heavy atom. The van der Waals surface area contributed by atoms with Crippen LogP contribution in [-0.2, 0) is 0 Å². The number of halogens is 1. The summed E-state index contributed by atoms with van der Waals surface area (Å²) in [6, 6.07) is 16.5. The Kier molecular flexibility index (Phi) is 4.71. The highest BCUT2D eigenvalue weighted by molar-refractivity contribution is 6.07. The Morgan fingerprint density at radius 3 is 2.38 bits per heavy atom. The van der Waals surface area contributed by atoms with Crippen LogP contribution in [-0.4, -0.2) is 16.1 Å². The minimum atomic E-state index is -0.519. The van der Waals surface area contributed by atoms with E-state index in [1.807, 2.05) is 24.3 Å². The molecule has 0 saturated heterocycles. The first-order valence-corrected chi connectivity index (χ1v) is 7.88. The molecule has 0 fully saturated rings. The fraction of sp³-hybridized carbons (Fsp3) is 0. The van der Waals surface area contributed by atoms with Crippen molar-refractivity contribution >= 4 is 11.9 Å². The van der Waals surface area contributed by atoms with Crippen molar-refractivity contribution in [2.75, 3.05) is 0 Å². The van der Waals surface area contributed by atoms with E-state index < -0.39 is 5.82 Å². The molecule has 0 saturated carbocycles. The van der Waals surface area contributed by atoms with Gasteiger partial charge in [0, 0.05) is 11.1 Å². The van der Waals surface area contributed by atoms with Gasteiger partial charge in [0.05, 0.1) is 0 Å². The Bertz CT molecular complexity index is 995. The van der Waals surface area contributed by atoms with E-state index in [0.29, 0.717) is 16.7 Å². The molecule has 130 valence electrons. The second-order valence-corrected chi connectivity index (χ2v) is 5.70. The molecule has 3 aromatic rings. The van der Waals surface area contributed by atoms with Gasteiger partial charge in [-0.15, -0.1) is 0 Å². The van der Waals surface area contributed by atoms with E-state index in [1.165, 1.54) is 24.3 Å². The molecule has 0 spiro atoms. The highest BCUT2D eigenvalue weighted by Gasteiger charge is 2.19. The van der Waals surface area contributed by atoms with Gasteiger partial charge in [0.2, 0.25) is 0 Å².